The van der Waals surface area contributed by atoms with Crippen LogP contribution >= 0.6 is 11.8 Å². The molecule has 5 rings (SSSR count). The van der Waals surface area contributed by atoms with Gasteiger partial charge in [-0.2, -0.15) is 11.8 Å². The molecule has 0 fully saturated rings. The number of benzene rings is 3. The minimum Gasteiger partial charge on any atom is -0.506 e. The number of phenols is 1. The topological polar surface area (TPSA) is 71.5 Å². The number of nitrogens with one attached hydrogen (secondary N) is 1. The lowest BCUT2D eigenvalue weighted by Crippen LogP contribution is -2.35. The Balaban J connectivity index is 1.14. The molecular weight excluding hydrogens is 444 g/mol. The van der Waals surface area contributed by atoms with Crippen LogP contribution in [0.3, 0.4) is 0 Å². The van der Waals surface area contributed by atoms with Crippen LogP contribution in [0.5, 0.6) is 5.75 Å². The third kappa shape index (κ3) is 4.46. The SMILES string of the molecule is C[C@@H](CSCc1ccc(O)c2ncccc12)NC(=O)OCC1c2ccccc2-c2ccccc21. The second-order valence-electron chi connectivity index (χ2n) is 8.53. The van der Waals surface area contributed by atoms with Gasteiger partial charge in [-0.1, -0.05) is 60.7 Å². The van der Waals surface area contributed by atoms with Crippen molar-refractivity contribution in [3.63, 3.8) is 0 Å². The van der Waals surface area contributed by atoms with E-state index in [2.05, 4.69) is 34.6 Å². The van der Waals surface area contributed by atoms with Crippen molar-refractivity contribution in [1.82, 2.24) is 10.3 Å². The van der Waals surface area contributed by atoms with E-state index in [1.54, 1.807) is 24.0 Å². The normalized spacial score (nSPS) is 13.3. The highest BCUT2D eigenvalue weighted by molar-refractivity contribution is 7.98. The molecule has 0 unspecified atom stereocenters. The fourth-order valence-electron chi connectivity index (χ4n) is 4.57. The summed E-state index contributed by atoms with van der Waals surface area (Å²) in [5.74, 6) is 1.75. The molecule has 1 aliphatic rings. The molecule has 172 valence electrons. The van der Waals surface area contributed by atoms with Crippen molar-refractivity contribution in [2.45, 2.75) is 24.6 Å². The van der Waals surface area contributed by atoms with Crippen LogP contribution < -0.4 is 5.32 Å². The zero-order valence-electron chi connectivity index (χ0n) is 18.9. The number of hydrogen-bond acceptors (Lipinski definition) is 5. The predicted octanol–water partition coefficient (Wildman–Crippen LogP) is 6.10. The number of fused-ring (bicyclic) bond motifs is 4. The van der Waals surface area contributed by atoms with Gasteiger partial charge in [0.2, 0.25) is 0 Å². The number of aromatic hydroxyl groups is 1. The maximum absolute atomic E-state index is 12.5. The van der Waals surface area contributed by atoms with E-state index >= 15 is 0 Å². The summed E-state index contributed by atoms with van der Waals surface area (Å²) in [4.78, 5) is 16.8. The van der Waals surface area contributed by atoms with Gasteiger partial charge in [-0.3, -0.25) is 4.98 Å². The van der Waals surface area contributed by atoms with E-state index in [1.165, 1.54) is 22.3 Å². The Bertz CT molecular complexity index is 1290. The maximum atomic E-state index is 12.5. The van der Waals surface area contributed by atoms with Crippen LogP contribution in [0.4, 0.5) is 4.79 Å². The Hall–Kier alpha value is -3.51. The van der Waals surface area contributed by atoms with Gasteiger partial charge < -0.3 is 15.2 Å². The second kappa shape index (κ2) is 9.77. The van der Waals surface area contributed by atoms with Crippen molar-refractivity contribution in [2.75, 3.05) is 12.4 Å². The quantitative estimate of drug-likeness (QED) is 0.341. The molecule has 6 heteroatoms. The first-order valence-corrected chi connectivity index (χ1v) is 12.5. The molecule has 4 aromatic rings. The summed E-state index contributed by atoms with van der Waals surface area (Å²) in [5, 5.41) is 13.9. The Kier molecular flexibility index (Phi) is 6.41. The Morgan fingerprint density at radius 1 is 1.03 bits per heavy atom. The van der Waals surface area contributed by atoms with Crippen LogP contribution in [0.15, 0.2) is 79.0 Å². The van der Waals surface area contributed by atoms with Crippen molar-refractivity contribution in [2.24, 2.45) is 0 Å². The van der Waals surface area contributed by atoms with Crippen LogP contribution in [-0.2, 0) is 10.5 Å². The monoisotopic (exact) mass is 470 g/mol. The van der Waals surface area contributed by atoms with E-state index in [-0.39, 0.29) is 17.7 Å². The van der Waals surface area contributed by atoms with Gasteiger partial charge in [0.05, 0.1) is 0 Å². The van der Waals surface area contributed by atoms with E-state index in [0.717, 1.165) is 22.5 Å². The van der Waals surface area contributed by atoms with E-state index in [0.29, 0.717) is 12.1 Å². The lowest BCUT2D eigenvalue weighted by atomic mass is 9.98. The van der Waals surface area contributed by atoms with Crippen molar-refractivity contribution in [1.29, 1.82) is 0 Å². The third-order valence-electron chi connectivity index (χ3n) is 6.17. The van der Waals surface area contributed by atoms with E-state index in [4.69, 9.17) is 4.74 Å². The number of pyridine rings is 1. The van der Waals surface area contributed by atoms with Crippen molar-refractivity contribution in [3.8, 4) is 16.9 Å². The molecule has 1 aromatic heterocycles. The van der Waals surface area contributed by atoms with Crippen LogP contribution in [0.1, 0.15) is 29.5 Å². The highest BCUT2D eigenvalue weighted by Crippen LogP contribution is 2.44. The number of alkyl carbamates (subject to hydrolysis) is 1. The number of rotatable bonds is 7. The fourth-order valence-corrected chi connectivity index (χ4v) is 5.60. The molecule has 0 bridgehead atoms. The summed E-state index contributed by atoms with van der Waals surface area (Å²) in [7, 11) is 0. The average molecular weight is 471 g/mol. The van der Waals surface area contributed by atoms with E-state index in [9.17, 15) is 9.90 Å². The molecule has 34 heavy (non-hydrogen) atoms. The lowest BCUT2D eigenvalue weighted by Gasteiger charge is -2.17. The van der Waals surface area contributed by atoms with Crippen molar-refractivity contribution >= 4 is 28.8 Å². The molecule has 1 amide bonds. The molecule has 1 aliphatic carbocycles. The van der Waals surface area contributed by atoms with Crippen molar-refractivity contribution < 1.29 is 14.6 Å². The van der Waals surface area contributed by atoms with Crippen LogP contribution in [0.2, 0.25) is 0 Å². The Morgan fingerprint density at radius 3 is 2.47 bits per heavy atom. The molecule has 0 aliphatic heterocycles. The number of carbonyl (C=O) groups is 1. The number of carbonyl (C=O) groups excluding carboxylic acids is 1. The number of phenolic OH excluding ortho intramolecular Hbond substituents is 1. The summed E-state index contributed by atoms with van der Waals surface area (Å²) in [6.45, 7) is 2.29. The lowest BCUT2D eigenvalue weighted by molar-refractivity contribution is 0.140. The largest absolute Gasteiger partial charge is 0.506 e. The minimum atomic E-state index is -0.394. The Morgan fingerprint density at radius 2 is 1.74 bits per heavy atom. The average Bonchev–Trinajstić information content (AvgIpc) is 3.18. The summed E-state index contributed by atoms with van der Waals surface area (Å²) < 4.78 is 5.65. The number of hydrogen-bond donors (Lipinski definition) is 2. The summed E-state index contributed by atoms with van der Waals surface area (Å²) in [6.07, 6.45) is 1.29. The van der Waals surface area contributed by atoms with Gasteiger partial charge in [0.15, 0.2) is 0 Å². The third-order valence-corrected chi connectivity index (χ3v) is 7.42. The van der Waals surface area contributed by atoms with E-state index in [1.807, 2.05) is 49.4 Å². The van der Waals surface area contributed by atoms with Gasteiger partial charge in [-0.15, -0.1) is 0 Å². The second-order valence-corrected chi connectivity index (χ2v) is 9.56. The van der Waals surface area contributed by atoms with Crippen molar-refractivity contribution in [3.05, 3.63) is 95.7 Å². The highest BCUT2D eigenvalue weighted by Gasteiger charge is 2.29. The first-order valence-electron chi connectivity index (χ1n) is 11.4. The Labute approximate surface area is 203 Å². The molecular formula is C28H26N2O3S. The smallest absolute Gasteiger partial charge is 0.407 e. The molecule has 1 heterocycles. The van der Waals surface area contributed by atoms with Crippen LogP contribution in [0, 0.1) is 0 Å². The predicted molar refractivity (Wildman–Crippen MR) is 137 cm³/mol. The number of nitrogens with zero attached hydrogens (tertiary/aromatic N) is 1. The first kappa shape index (κ1) is 22.3. The fraction of sp³-hybridized carbons (Fsp3) is 0.214. The molecule has 3 aromatic carbocycles. The summed E-state index contributed by atoms with van der Waals surface area (Å²) >= 11 is 1.72. The molecule has 1 atom stereocenters. The molecule has 0 radical (unpaired) electrons. The summed E-state index contributed by atoms with van der Waals surface area (Å²) in [5.41, 5.74) is 6.57. The minimum absolute atomic E-state index is 0.0397. The molecule has 5 nitrogen and oxygen atoms in total. The molecule has 2 N–H and O–H groups in total. The first-order chi connectivity index (χ1) is 16.6. The van der Waals surface area contributed by atoms with Crippen LogP contribution in [-0.4, -0.2) is 34.6 Å². The maximum Gasteiger partial charge on any atom is 0.407 e. The zero-order chi connectivity index (χ0) is 23.5. The van der Waals surface area contributed by atoms with Gasteiger partial charge in [0.25, 0.3) is 0 Å². The highest BCUT2D eigenvalue weighted by atomic mass is 32.2. The number of amides is 1. The molecule has 0 spiro atoms. The number of thioether (sulfide) groups is 1. The van der Waals surface area contributed by atoms with Gasteiger partial charge in [0, 0.05) is 35.0 Å². The molecule has 0 saturated carbocycles. The summed E-state index contributed by atoms with van der Waals surface area (Å²) in [6, 6.07) is 24.0. The van der Waals surface area contributed by atoms with Crippen LogP contribution in [0.25, 0.3) is 22.0 Å². The van der Waals surface area contributed by atoms with Gasteiger partial charge >= 0.3 is 6.09 Å². The van der Waals surface area contributed by atoms with Gasteiger partial charge in [-0.05, 0) is 46.9 Å². The number of ether oxygens (including phenoxy) is 1. The van der Waals surface area contributed by atoms with E-state index < -0.39 is 6.09 Å². The van der Waals surface area contributed by atoms with Gasteiger partial charge in [0.1, 0.15) is 17.9 Å². The zero-order valence-corrected chi connectivity index (χ0v) is 19.7. The van der Waals surface area contributed by atoms with Gasteiger partial charge in [-0.25, -0.2) is 4.79 Å². The molecule has 0 saturated heterocycles. The standard InChI is InChI=1S/C28H26N2O3S/c1-18(16-34-17-19-12-13-26(31)27-20(19)11-6-14-29-27)30-28(32)33-15-25-23-9-4-2-7-21(23)22-8-3-5-10-24(22)25/h2-14,18,25,31H,15-17H2,1H3,(H,30,32)/t18-/m0/s1. The number of aromatic nitrogens is 1.